The standard InChI is InChI=1S/C6H8F2O3.C4H4F2O3/c1-3(7)5(9)11-6(10)4(2)8;5-1-3(7)9-4(8)2-6/h3-4H,1-2H3;1-2H2. The van der Waals surface area contributed by atoms with Gasteiger partial charge < -0.3 is 9.47 Å². The largest absolute Gasteiger partial charge is 0.389 e. The maximum atomic E-state index is 12.0. The van der Waals surface area contributed by atoms with Crippen LogP contribution in [0.1, 0.15) is 13.8 Å². The number of esters is 4. The van der Waals surface area contributed by atoms with E-state index in [1.54, 1.807) is 0 Å². The molecule has 0 aromatic heterocycles. The predicted octanol–water partition coefficient (Wildman–Crippen LogP) is 0.767. The van der Waals surface area contributed by atoms with Gasteiger partial charge in [-0.2, -0.15) is 0 Å². The van der Waals surface area contributed by atoms with E-state index in [0.717, 1.165) is 13.8 Å². The van der Waals surface area contributed by atoms with Crippen molar-refractivity contribution in [1.29, 1.82) is 0 Å². The fourth-order valence-corrected chi connectivity index (χ4v) is 0.443. The number of rotatable bonds is 4. The molecule has 0 aromatic rings. The van der Waals surface area contributed by atoms with Gasteiger partial charge in [0.05, 0.1) is 0 Å². The van der Waals surface area contributed by atoms with Crippen molar-refractivity contribution >= 4 is 23.9 Å². The van der Waals surface area contributed by atoms with Gasteiger partial charge >= 0.3 is 23.9 Å². The first-order chi connectivity index (χ1) is 9.15. The van der Waals surface area contributed by atoms with Gasteiger partial charge in [-0.15, -0.1) is 0 Å². The second-order valence-corrected chi connectivity index (χ2v) is 3.09. The first-order valence-corrected chi connectivity index (χ1v) is 5.04. The molecule has 6 nitrogen and oxygen atoms in total. The van der Waals surface area contributed by atoms with Crippen LogP contribution < -0.4 is 0 Å². The molecule has 2 unspecified atom stereocenters. The fraction of sp³-hybridized carbons (Fsp3) is 0.600. The Morgan fingerprint density at radius 1 is 0.800 bits per heavy atom. The minimum absolute atomic E-state index is 0.901. The summed E-state index contributed by atoms with van der Waals surface area (Å²) in [5, 5.41) is 0. The van der Waals surface area contributed by atoms with Gasteiger partial charge in [-0.25, -0.2) is 36.7 Å². The summed E-state index contributed by atoms with van der Waals surface area (Å²) >= 11 is 0. The molecule has 0 aromatic carbocycles. The van der Waals surface area contributed by atoms with E-state index in [1.807, 2.05) is 0 Å². The topological polar surface area (TPSA) is 86.7 Å². The molecule has 0 amide bonds. The Morgan fingerprint density at radius 3 is 1.30 bits per heavy atom. The van der Waals surface area contributed by atoms with Crippen molar-refractivity contribution in [1.82, 2.24) is 0 Å². The van der Waals surface area contributed by atoms with Crippen LogP contribution in [0.15, 0.2) is 0 Å². The van der Waals surface area contributed by atoms with Crippen molar-refractivity contribution in [2.24, 2.45) is 0 Å². The van der Waals surface area contributed by atoms with E-state index >= 15 is 0 Å². The number of hydrogen-bond acceptors (Lipinski definition) is 6. The molecule has 0 saturated heterocycles. The predicted molar refractivity (Wildman–Crippen MR) is 55.3 cm³/mol. The Hall–Kier alpha value is -2.00. The zero-order chi connectivity index (χ0) is 16.3. The number of halogens is 4. The summed E-state index contributed by atoms with van der Waals surface area (Å²) in [5.74, 6) is -5.45. The monoisotopic (exact) mass is 304 g/mol. The van der Waals surface area contributed by atoms with E-state index < -0.39 is 49.6 Å². The van der Waals surface area contributed by atoms with Gasteiger partial charge in [0.15, 0.2) is 25.7 Å². The van der Waals surface area contributed by atoms with Crippen molar-refractivity contribution in [3.63, 3.8) is 0 Å². The maximum absolute atomic E-state index is 12.0. The number of carbonyl (C=O) groups excluding carboxylic acids is 4. The van der Waals surface area contributed by atoms with E-state index in [4.69, 9.17) is 0 Å². The lowest BCUT2D eigenvalue weighted by molar-refractivity contribution is -0.166. The highest BCUT2D eigenvalue weighted by Gasteiger charge is 2.21. The Labute approximate surface area is 111 Å². The lowest BCUT2D eigenvalue weighted by Gasteiger charge is -2.02. The van der Waals surface area contributed by atoms with Gasteiger partial charge in [-0.3, -0.25) is 0 Å². The fourth-order valence-electron chi connectivity index (χ4n) is 0.443. The molecule has 0 rings (SSSR count). The molecule has 0 saturated carbocycles. The third kappa shape index (κ3) is 11.1. The number of alkyl halides is 4. The van der Waals surface area contributed by atoms with Gasteiger partial charge in [0, 0.05) is 0 Å². The average molecular weight is 304 g/mol. The van der Waals surface area contributed by atoms with E-state index in [-0.39, 0.29) is 0 Å². The zero-order valence-corrected chi connectivity index (χ0v) is 10.5. The lowest BCUT2D eigenvalue weighted by Crippen LogP contribution is -2.24. The van der Waals surface area contributed by atoms with Crippen LogP contribution in [0.25, 0.3) is 0 Å². The van der Waals surface area contributed by atoms with Crippen LogP contribution in [-0.2, 0) is 28.7 Å². The second kappa shape index (κ2) is 10.9. The molecule has 20 heavy (non-hydrogen) atoms. The first-order valence-electron chi connectivity index (χ1n) is 5.04. The van der Waals surface area contributed by atoms with Crippen LogP contribution in [0.4, 0.5) is 17.6 Å². The quantitative estimate of drug-likeness (QED) is 0.433. The van der Waals surface area contributed by atoms with Crippen LogP contribution >= 0.6 is 0 Å². The molecular formula is C10H12F4O6. The smallest absolute Gasteiger partial charge is 0.348 e. The van der Waals surface area contributed by atoms with Crippen LogP contribution in [0.5, 0.6) is 0 Å². The molecule has 0 N–H and O–H groups in total. The molecule has 2 atom stereocenters. The second-order valence-electron chi connectivity index (χ2n) is 3.09. The van der Waals surface area contributed by atoms with Crippen molar-refractivity contribution in [3.05, 3.63) is 0 Å². The van der Waals surface area contributed by atoms with Crippen molar-refractivity contribution in [2.45, 2.75) is 26.2 Å². The summed E-state index contributed by atoms with van der Waals surface area (Å²) in [5.41, 5.74) is 0. The van der Waals surface area contributed by atoms with Gasteiger partial charge in [-0.05, 0) is 13.8 Å². The van der Waals surface area contributed by atoms with Crippen molar-refractivity contribution < 1.29 is 46.2 Å². The Morgan fingerprint density at radius 2 is 1.10 bits per heavy atom. The molecule has 0 fully saturated rings. The third-order valence-corrected chi connectivity index (χ3v) is 1.30. The van der Waals surface area contributed by atoms with Crippen LogP contribution in [0, 0.1) is 0 Å². The molecule has 0 heterocycles. The van der Waals surface area contributed by atoms with Crippen LogP contribution in [0.3, 0.4) is 0 Å². The molecule has 116 valence electrons. The first kappa shape index (κ1) is 20.3. The molecule has 10 heteroatoms. The highest BCUT2D eigenvalue weighted by atomic mass is 19.1. The highest BCUT2D eigenvalue weighted by molar-refractivity contribution is 5.89. The maximum Gasteiger partial charge on any atom is 0.348 e. The van der Waals surface area contributed by atoms with Gasteiger partial charge in [0.25, 0.3) is 0 Å². The van der Waals surface area contributed by atoms with Crippen molar-refractivity contribution in [2.75, 3.05) is 13.3 Å². The van der Waals surface area contributed by atoms with Gasteiger partial charge in [0.1, 0.15) is 0 Å². The molecule has 0 radical (unpaired) electrons. The molecule has 0 aliphatic heterocycles. The normalized spacial score (nSPS) is 12.3. The Bertz CT molecular complexity index is 324. The van der Waals surface area contributed by atoms with E-state index in [2.05, 4.69) is 9.47 Å². The van der Waals surface area contributed by atoms with Crippen molar-refractivity contribution in [3.8, 4) is 0 Å². The SMILES string of the molecule is CC(F)C(=O)OC(=O)C(C)F.O=C(CF)OC(=O)CF. The zero-order valence-electron chi connectivity index (χ0n) is 10.5. The summed E-state index contributed by atoms with van der Waals surface area (Å²) in [6.07, 6.45) is -3.81. The summed E-state index contributed by atoms with van der Waals surface area (Å²) in [6, 6.07) is 0. The number of carbonyl (C=O) groups is 4. The molecular weight excluding hydrogens is 292 g/mol. The Kier molecular flexibility index (Phi) is 11.1. The lowest BCUT2D eigenvalue weighted by atomic mass is 10.4. The van der Waals surface area contributed by atoms with Gasteiger partial charge in [-0.1, -0.05) is 0 Å². The molecule has 0 aliphatic carbocycles. The Balaban J connectivity index is 0. The average Bonchev–Trinajstić information content (AvgIpc) is 2.38. The highest BCUT2D eigenvalue weighted by Crippen LogP contribution is 1.97. The minimum Gasteiger partial charge on any atom is -0.389 e. The van der Waals surface area contributed by atoms with E-state index in [1.165, 1.54) is 0 Å². The van der Waals surface area contributed by atoms with Crippen LogP contribution in [-0.4, -0.2) is 49.6 Å². The van der Waals surface area contributed by atoms with Crippen LogP contribution in [0.2, 0.25) is 0 Å². The molecule has 0 spiro atoms. The summed E-state index contributed by atoms with van der Waals surface area (Å²) in [6.45, 7) is -1.02. The summed E-state index contributed by atoms with van der Waals surface area (Å²) < 4.78 is 53.5. The number of hydrogen-bond donors (Lipinski definition) is 0. The number of ether oxygens (including phenoxy) is 2. The van der Waals surface area contributed by atoms with E-state index in [9.17, 15) is 36.7 Å². The third-order valence-electron chi connectivity index (χ3n) is 1.30. The summed E-state index contributed by atoms with van der Waals surface area (Å²) in [4.78, 5) is 40.1. The molecule has 0 aliphatic rings. The molecule has 0 bridgehead atoms. The minimum atomic E-state index is -1.90. The van der Waals surface area contributed by atoms with Gasteiger partial charge in [0.2, 0.25) is 0 Å². The van der Waals surface area contributed by atoms with E-state index in [0.29, 0.717) is 0 Å². The summed E-state index contributed by atoms with van der Waals surface area (Å²) in [7, 11) is 0.